The van der Waals surface area contributed by atoms with E-state index in [1.165, 1.54) is 18.0 Å². The number of hydrogen-bond donors (Lipinski definition) is 1. The van der Waals surface area contributed by atoms with Gasteiger partial charge in [-0.25, -0.2) is 0 Å². The molecule has 0 radical (unpaired) electrons. The number of nitro groups is 1. The lowest BCUT2D eigenvalue weighted by molar-refractivity contribution is -0.385. The summed E-state index contributed by atoms with van der Waals surface area (Å²) in [4.78, 5) is 17.0. The Bertz CT molecular complexity index is 789. The lowest BCUT2D eigenvalue weighted by Crippen LogP contribution is -2.48. The van der Waals surface area contributed by atoms with E-state index in [1.54, 1.807) is 11.7 Å². The molecule has 0 spiro atoms. The van der Waals surface area contributed by atoms with E-state index in [0.717, 1.165) is 25.5 Å². The van der Waals surface area contributed by atoms with Crippen LogP contribution in [-0.2, 0) is 6.54 Å². The van der Waals surface area contributed by atoms with Crippen LogP contribution in [0.4, 0.5) is 5.69 Å². The maximum atomic E-state index is 10.7. The highest BCUT2D eigenvalue weighted by Gasteiger charge is 2.28. The Kier molecular flexibility index (Phi) is 6.05. The van der Waals surface area contributed by atoms with E-state index < -0.39 is 4.92 Å². The Hall–Kier alpha value is -2.90. The maximum Gasteiger partial charge on any atom is 0.306 e. The first-order valence-electron chi connectivity index (χ1n) is 9.26. The minimum Gasteiger partial charge on any atom is -0.354 e. The molecule has 8 nitrogen and oxygen atoms in total. The second kappa shape index (κ2) is 8.66. The van der Waals surface area contributed by atoms with Gasteiger partial charge in [0, 0.05) is 26.7 Å². The first-order chi connectivity index (χ1) is 13.1. The molecule has 0 bridgehead atoms. The zero-order valence-corrected chi connectivity index (χ0v) is 15.8. The number of aromatic nitrogens is 2. The van der Waals surface area contributed by atoms with E-state index in [9.17, 15) is 10.1 Å². The third-order valence-corrected chi connectivity index (χ3v) is 5.10. The smallest absolute Gasteiger partial charge is 0.306 e. The predicted molar refractivity (Wildman–Crippen MR) is 105 cm³/mol. The number of benzene rings is 1. The van der Waals surface area contributed by atoms with Gasteiger partial charge in [-0.1, -0.05) is 37.3 Å². The standard InChI is InChI=1S/C19H26N6O2/c1-15-13-23(10-8-18(15)16-6-4-3-5-7-16)19(20-2)21-9-11-24-14-17(12-22-24)25(26)27/h3-7,12,14-15,18H,8-11,13H2,1-2H3,(H,20,21). The van der Waals surface area contributed by atoms with Crippen LogP contribution in [0.1, 0.15) is 24.8 Å². The number of piperidine rings is 1. The molecule has 1 aliphatic rings. The van der Waals surface area contributed by atoms with Gasteiger partial charge in [-0.2, -0.15) is 5.10 Å². The van der Waals surface area contributed by atoms with E-state index in [1.807, 2.05) is 0 Å². The molecule has 1 saturated heterocycles. The van der Waals surface area contributed by atoms with Crippen LogP contribution < -0.4 is 5.32 Å². The predicted octanol–water partition coefficient (Wildman–Crippen LogP) is 2.49. The molecule has 3 rings (SSSR count). The highest BCUT2D eigenvalue weighted by Crippen LogP contribution is 2.32. The van der Waals surface area contributed by atoms with Crippen molar-refractivity contribution in [3.8, 4) is 0 Å². The second-order valence-corrected chi connectivity index (χ2v) is 6.92. The summed E-state index contributed by atoms with van der Waals surface area (Å²) in [5, 5.41) is 18.1. The van der Waals surface area contributed by atoms with E-state index in [4.69, 9.17) is 0 Å². The van der Waals surface area contributed by atoms with Crippen molar-refractivity contribution in [2.45, 2.75) is 25.8 Å². The molecule has 8 heteroatoms. The molecule has 1 N–H and O–H groups in total. The number of nitrogens with zero attached hydrogens (tertiary/aromatic N) is 5. The highest BCUT2D eigenvalue weighted by atomic mass is 16.6. The zero-order valence-electron chi connectivity index (χ0n) is 15.8. The molecule has 0 saturated carbocycles. The van der Waals surface area contributed by atoms with Crippen molar-refractivity contribution >= 4 is 11.6 Å². The Balaban J connectivity index is 1.51. The van der Waals surface area contributed by atoms with Crippen molar-refractivity contribution in [3.63, 3.8) is 0 Å². The van der Waals surface area contributed by atoms with Crippen LogP contribution in [0.5, 0.6) is 0 Å². The van der Waals surface area contributed by atoms with Gasteiger partial charge in [-0.15, -0.1) is 0 Å². The Morgan fingerprint density at radius 1 is 1.41 bits per heavy atom. The van der Waals surface area contributed by atoms with Crippen molar-refractivity contribution in [3.05, 3.63) is 58.4 Å². The number of nitrogens with one attached hydrogen (secondary N) is 1. The summed E-state index contributed by atoms with van der Waals surface area (Å²) >= 11 is 0. The number of guanidine groups is 1. The Labute approximate surface area is 159 Å². The first-order valence-corrected chi connectivity index (χ1v) is 9.26. The average Bonchev–Trinajstić information content (AvgIpc) is 3.15. The maximum absolute atomic E-state index is 10.7. The van der Waals surface area contributed by atoms with E-state index in [-0.39, 0.29) is 5.69 Å². The van der Waals surface area contributed by atoms with Gasteiger partial charge in [0.15, 0.2) is 5.96 Å². The fraction of sp³-hybridized carbons (Fsp3) is 0.474. The van der Waals surface area contributed by atoms with Crippen molar-refractivity contribution in [1.29, 1.82) is 0 Å². The molecule has 1 aromatic carbocycles. The summed E-state index contributed by atoms with van der Waals surface area (Å²) in [6.07, 6.45) is 3.81. The minimum absolute atomic E-state index is 0.0104. The van der Waals surface area contributed by atoms with Crippen LogP contribution in [0, 0.1) is 16.0 Å². The van der Waals surface area contributed by atoms with E-state index in [2.05, 4.69) is 57.6 Å². The summed E-state index contributed by atoms with van der Waals surface area (Å²) in [6.45, 7) is 5.35. The third kappa shape index (κ3) is 4.64. The van der Waals surface area contributed by atoms with Gasteiger partial charge in [-0.3, -0.25) is 19.8 Å². The molecule has 1 aliphatic heterocycles. The summed E-state index contributed by atoms with van der Waals surface area (Å²) in [6, 6.07) is 10.7. The van der Waals surface area contributed by atoms with Crippen LogP contribution in [-0.4, -0.2) is 52.2 Å². The number of rotatable bonds is 5. The molecule has 1 fully saturated rings. The Morgan fingerprint density at radius 2 is 2.19 bits per heavy atom. The van der Waals surface area contributed by atoms with Gasteiger partial charge in [-0.05, 0) is 23.8 Å². The molecule has 2 unspecified atom stereocenters. The molecule has 2 heterocycles. The van der Waals surface area contributed by atoms with Crippen LogP contribution in [0.15, 0.2) is 47.7 Å². The molecule has 2 atom stereocenters. The number of aliphatic imine (C=N–C) groups is 1. The lowest BCUT2D eigenvalue weighted by atomic mass is 9.82. The SMILES string of the molecule is CN=C(NCCn1cc([N+](=O)[O-])cn1)N1CCC(c2ccccc2)C(C)C1. The summed E-state index contributed by atoms with van der Waals surface area (Å²) in [7, 11) is 1.79. The van der Waals surface area contributed by atoms with Crippen LogP contribution in [0.3, 0.4) is 0 Å². The van der Waals surface area contributed by atoms with E-state index in [0.29, 0.717) is 24.9 Å². The molecule has 0 aliphatic carbocycles. The monoisotopic (exact) mass is 370 g/mol. The fourth-order valence-corrected chi connectivity index (χ4v) is 3.72. The number of hydrogen-bond acceptors (Lipinski definition) is 4. The van der Waals surface area contributed by atoms with Gasteiger partial charge >= 0.3 is 5.69 Å². The fourth-order valence-electron chi connectivity index (χ4n) is 3.72. The largest absolute Gasteiger partial charge is 0.354 e. The summed E-state index contributed by atoms with van der Waals surface area (Å²) in [5.74, 6) is 1.98. The average molecular weight is 370 g/mol. The molecule has 27 heavy (non-hydrogen) atoms. The van der Waals surface area contributed by atoms with Crippen LogP contribution in [0.25, 0.3) is 0 Å². The van der Waals surface area contributed by atoms with Crippen molar-refractivity contribution in [2.24, 2.45) is 10.9 Å². The molecule has 2 aromatic rings. The van der Waals surface area contributed by atoms with Crippen molar-refractivity contribution in [1.82, 2.24) is 20.0 Å². The molecular formula is C19H26N6O2. The molecule has 0 amide bonds. The minimum atomic E-state index is -0.436. The van der Waals surface area contributed by atoms with Crippen molar-refractivity contribution in [2.75, 3.05) is 26.7 Å². The quantitative estimate of drug-likeness (QED) is 0.378. The molecular weight excluding hydrogens is 344 g/mol. The van der Waals surface area contributed by atoms with Gasteiger partial charge < -0.3 is 10.2 Å². The Morgan fingerprint density at radius 3 is 2.81 bits per heavy atom. The normalized spacial score (nSPS) is 20.5. The topological polar surface area (TPSA) is 88.6 Å². The third-order valence-electron chi connectivity index (χ3n) is 5.10. The molecule has 144 valence electrons. The summed E-state index contributed by atoms with van der Waals surface area (Å²) in [5.41, 5.74) is 1.42. The highest BCUT2D eigenvalue weighted by molar-refractivity contribution is 5.80. The molecule has 1 aromatic heterocycles. The van der Waals surface area contributed by atoms with Crippen LogP contribution >= 0.6 is 0 Å². The zero-order chi connectivity index (χ0) is 19.2. The van der Waals surface area contributed by atoms with Gasteiger partial charge in [0.05, 0.1) is 11.5 Å². The lowest BCUT2D eigenvalue weighted by Gasteiger charge is -2.38. The van der Waals surface area contributed by atoms with Gasteiger partial charge in [0.1, 0.15) is 12.4 Å². The van der Waals surface area contributed by atoms with Crippen LogP contribution in [0.2, 0.25) is 0 Å². The van der Waals surface area contributed by atoms with Crippen molar-refractivity contribution < 1.29 is 4.92 Å². The van der Waals surface area contributed by atoms with E-state index >= 15 is 0 Å². The van der Waals surface area contributed by atoms with Gasteiger partial charge in [0.2, 0.25) is 0 Å². The first kappa shape index (κ1) is 18.9. The summed E-state index contributed by atoms with van der Waals surface area (Å²) < 4.78 is 1.57. The van der Waals surface area contributed by atoms with Gasteiger partial charge in [0.25, 0.3) is 0 Å². The number of likely N-dealkylation sites (tertiary alicyclic amines) is 1. The second-order valence-electron chi connectivity index (χ2n) is 6.92.